The van der Waals surface area contributed by atoms with Crippen LogP contribution < -0.4 is 5.32 Å². The predicted molar refractivity (Wildman–Crippen MR) is 115 cm³/mol. The molecular formula is C22H31ClFN5O. The maximum Gasteiger partial charge on any atom is 0.245 e. The minimum Gasteiger partial charge on any atom is -0.347 e. The first kappa shape index (κ1) is 22.7. The first-order valence-electron chi connectivity index (χ1n) is 10.5. The molecule has 8 heteroatoms. The molecule has 1 aromatic heterocycles. The molecule has 30 heavy (non-hydrogen) atoms. The average molecular weight is 436 g/mol. The summed E-state index contributed by atoms with van der Waals surface area (Å²) in [4.78, 5) is 13.3. The number of carbonyl (C=O) groups is 1. The first-order chi connectivity index (χ1) is 14.0. The fourth-order valence-corrected chi connectivity index (χ4v) is 4.59. The zero-order valence-corrected chi connectivity index (χ0v) is 19.3. The normalized spacial score (nSPS) is 18.3. The van der Waals surface area contributed by atoms with Crippen molar-refractivity contribution in [1.82, 2.24) is 25.5 Å². The van der Waals surface area contributed by atoms with E-state index in [0.29, 0.717) is 16.4 Å². The van der Waals surface area contributed by atoms with E-state index in [-0.39, 0.29) is 16.7 Å². The summed E-state index contributed by atoms with van der Waals surface area (Å²) in [6.07, 6.45) is 3.89. The lowest BCUT2D eigenvalue weighted by atomic mass is 9.76. The Kier molecular flexibility index (Phi) is 6.23. The molecule has 0 spiro atoms. The zero-order valence-electron chi connectivity index (χ0n) is 18.6. The number of hydrogen-bond donors (Lipinski definition) is 1. The minimum absolute atomic E-state index is 0.261. The van der Waals surface area contributed by atoms with Gasteiger partial charge in [-0.15, -0.1) is 5.10 Å². The summed E-state index contributed by atoms with van der Waals surface area (Å²) in [6.45, 7) is 11.7. The van der Waals surface area contributed by atoms with Crippen molar-refractivity contribution in [3.05, 3.63) is 39.9 Å². The van der Waals surface area contributed by atoms with Crippen LogP contribution in [0.15, 0.2) is 12.1 Å². The standard InChI is InChI=1S/C22H31ClFN5O/c1-13-9-10-15(24)16(17(13)23)18(22(6)11-7-8-12-22)25-19(30)14(2)29-20(21(3,4)5)26-27-28-29/h9-10,14,18H,7-8,11-12H2,1-6H3,(H,25,30). The lowest BCUT2D eigenvalue weighted by Gasteiger charge is -2.37. The van der Waals surface area contributed by atoms with Crippen LogP contribution in [0.1, 0.15) is 89.3 Å². The Morgan fingerprint density at radius 3 is 2.53 bits per heavy atom. The van der Waals surface area contributed by atoms with Crippen molar-refractivity contribution in [1.29, 1.82) is 0 Å². The SMILES string of the molecule is Cc1ccc(F)c(C(NC(=O)C(C)n2nnnc2C(C)(C)C)C2(C)CCCC2)c1Cl. The number of amides is 1. The molecule has 0 bridgehead atoms. The van der Waals surface area contributed by atoms with E-state index in [1.165, 1.54) is 10.7 Å². The number of aryl methyl sites for hydroxylation is 1. The molecule has 1 amide bonds. The van der Waals surface area contributed by atoms with E-state index < -0.39 is 17.9 Å². The van der Waals surface area contributed by atoms with Gasteiger partial charge in [-0.05, 0) is 54.2 Å². The smallest absolute Gasteiger partial charge is 0.245 e. The van der Waals surface area contributed by atoms with Gasteiger partial charge in [0, 0.05) is 11.0 Å². The van der Waals surface area contributed by atoms with Gasteiger partial charge in [0.2, 0.25) is 5.91 Å². The van der Waals surface area contributed by atoms with E-state index in [0.717, 1.165) is 31.2 Å². The van der Waals surface area contributed by atoms with Gasteiger partial charge in [-0.1, -0.05) is 58.2 Å². The quantitative estimate of drug-likeness (QED) is 0.711. The third-order valence-corrected chi connectivity index (χ3v) is 6.75. The van der Waals surface area contributed by atoms with Crippen molar-refractivity contribution in [2.24, 2.45) is 5.41 Å². The molecule has 0 radical (unpaired) electrons. The third-order valence-electron chi connectivity index (χ3n) is 6.25. The van der Waals surface area contributed by atoms with E-state index in [1.54, 1.807) is 13.0 Å². The molecule has 3 rings (SSSR count). The number of halogens is 2. The van der Waals surface area contributed by atoms with Gasteiger partial charge in [0.15, 0.2) is 5.82 Å². The first-order valence-corrected chi connectivity index (χ1v) is 10.9. The van der Waals surface area contributed by atoms with Gasteiger partial charge in [-0.2, -0.15) is 0 Å². The highest BCUT2D eigenvalue weighted by atomic mass is 35.5. The predicted octanol–water partition coefficient (Wildman–Crippen LogP) is 5.07. The molecule has 164 valence electrons. The van der Waals surface area contributed by atoms with Crippen LogP contribution in [0.2, 0.25) is 5.02 Å². The van der Waals surface area contributed by atoms with E-state index in [4.69, 9.17) is 11.6 Å². The van der Waals surface area contributed by atoms with E-state index in [2.05, 4.69) is 27.8 Å². The molecule has 0 aliphatic heterocycles. The number of aromatic nitrogens is 4. The summed E-state index contributed by atoms with van der Waals surface area (Å²) in [7, 11) is 0. The molecule has 1 aromatic carbocycles. The highest BCUT2D eigenvalue weighted by Gasteiger charge is 2.42. The molecule has 1 aliphatic rings. The molecule has 2 unspecified atom stereocenters. The zero-order chi connectivity index (χ0) is 22.3. The number of hydrogen-bond acceptors (Lipinski definition) is 4. The van der Waals surface area contributed by atoms with Crippen LogP contribution in [0.4, 0.5) is 4.39 Å². The average Bonchev–Trinajstić information content (AvgIpc) is 3.33. The highest BCUT2D eigenvalue weighted by Crippen LogP contribution is 2.49. The van der Waals surface area contributed by atoms with Gasteiger partial charge in [-0.3, -0.25) is 4.79 Å². The van der Waals surface area contributed by atoms with Crippen LogP contribution in [-0.4, -0.2) is 26.1 Å². The Labute approximate surface area is 182 Å². The number of rotatable bonds is 5. The summed E-state index contributed by atoms with van der Waals surface area (Å²) >= 11 is 6.55. The molecule has 6 nitrogen and oxygen atoms in total. The second kappa shape index (κ2) is 8.25. The van der Waals surface area contributed by atoms with Gasteiger partial charge >= 0.3 is 0 Å². The molecule has 0 saturated heterocycles. The Morgan fingerprint density at radius 1 is 1.30 bits per heavy atom. The van der Waals surface area contributed by atoms with Crippen LogP contribution in [0.3, 0.4) is 0 Å². The summed E-state index contributed by atoms with van der Waals surface area (Å²) in [5, 5.41) is 15.4. The number of nitrogens with zero attached hydrogens (tertiary/aromatic N) is 4. The van der Waals surface area contributed by atoms with E-state index in [9.17, 15) is 9.18 Å². The Balaban J connectivity index is 1.98. The molecule has 1 heterocycles. The van der Waals surface area contributed by atoms with Crippen molar-refractivity contribution >= 4 is 17.5 Å². The fraction of sp³-hybridized carbons (Fsp3) is 0.636. The molecule has 1 N–H and O–H groups in total. The minimum atomic E-state index is -0.645. The van der Waals surface area contributed by atoms with Crippen LogP contribution in [-0.2, 0) is 10.2 Å². The highest BCUT2D eigenvalue weighted by molar-refractivity contribution is 6.32. The monoisotopic (exact) mass is 435 g/mol. The molecule has 1 aliphatic carbocycles. The Morgan fingerprint density at radius 2 is 1.93 bits per heavy atom. The van der Waals surface area contributed by atoms with Crippen molar-refractivity contribution in [2.75, 3.05) is 0 Å². The second-order valence-electron chi connectivity index (χ2n) is 9.77. The Hall–Kier alpha value is -2.02. The van der Waals surface area contributed by atoms with Gasteiger partial charge in [-0.25, -0.2) is 9.07 Å². The topological polar surface area (TPSA) is 72.7 Å². The summed E-state index contributed by atoms with van der Waals surface area (Å²) in [6, 6.07) is 1.91. The molecule has 2 aromatic rings. The number of nitrogens with one attached hydrogen (secondary N) is 1. The lowest BCUT2D eigenvalue weighted by molar-refractivity contribution is -0.126. The van der Waals surface area contributed by atoms with Gasteiger partial charge in [0.1, 0.15) is 11.9 Å². The Bertz CT molecular complexity index is 930. The van der Waals surface area contributed by atoms with Gasteiger partial charge < -0.3 is 5.32 Å². The van der Waals surface area contributed by atoms with E-state index in [1.807, 2.05) is 27.7 Å². The van der Waals surface area contributed by atoms with Crippen LogP contribution in [0.25, 0.3) is 0 Å². The molecule has 2 atom stereocenters. The third kappa shape index (κ3) is 4.22. The van der Waals surface area contributed by atoms with Crippen molar-refractivity contribution < 1.29 is 9.18 Å². The van der Waals surface area contributed by atoms with Crippen LogP contribution >= 0.6 is 11.6 Å². The number of benzene rings is 1. The summed E-state index contributed by atoms with van der Waals surface area (Å²) in [5.41, 5.74) is 0.564. The molecular weight excluding hydrogens is 405 g/mol. The summed E-state index contributed by atoms with van der Waals surface area (Å²) in [5.74, 6) is -0.0362. The largest absolute Gasteiger partial charge is 0.347 e. The molecule has 1 saturated carbocycles. The maximum absolute atomic E-state index is 15.0. The van der Waals surface area contributed by atoms with Gasteiger partial charge in [0.05, 0.1) is 11.1 Å². The van der Waals surface area contributed by atoms with Crippen LogP contribution in [0.5, 0.6) is 0 Å². The number of tetrazole rings is 1. The van der Waals surface area contributed by atoms with Crippen molar-refractivity contribution in [2.45, 2.75) is 84.7 Å². The second-order valence-corrected chi connectivity index (χ2v) is 10.1. The fourth-order valence-electron chi connectivity index (χ4n) is 4.33. The summed E-state index contributed by atoms with van der Waals surface area (Å²) < 4.78 is 16.5. The van der Waals surface area contributed by atoms with E-state index >= 15 is 0 Å². The maximum atomic E-state index is 15.0. The lowest BCUT2D eigenvalue weighted by Crippen LogP contribution is -2.42. The van der Waals surface area contributed by atoms with Crippen molar-refractivity contribution in [3.63, 3.8) is 0 Å². The number of carbonyl (C=O) groups excluding carboxylic acids is 1. The van der Waals surface area contributed by atoms with Gasteiger partial charge in [0.25, 0.3) is 0 Å². The van der Waals surface area contributed by atoms with Crippen LogP contribution in [0, 0.1) is 18.2 Å². The molecule has 1 fully saturated rings. The van der Waals surface area contributed by atoms with Crippen molar-refractivity contribution in [3.8, 4) is 0 Å².